The number of nitro benzene ring substituents is 1. The second-order valence-corrected chi connectivity index (χ2v) is 4.71. The van der Waals surface area contributed by atoms with Gasteiger partial charge in [-0.3, -0.25) is 20.2 Å². The normalized spacial score (nSPS) is 13.6. The summed E-state index contributed by atoms with van der Waals surface area (Å²) in [5.41, 5.74) is -1.66. The predicted octanol–water partition coefficient (Wildman–Crippen LogP) is 2.08. The fourth-order valence-electron chi connectivity index (χ4n) is 1.58. The van der Waals surface area contributed by atoms with Crippen LogP contribution < -0.4 is 10.1 Å². The highest BCUT2D eigenvalue weighted by Crippen LogP contribution is 2.34. The Labute approximate surface area is 120 Å². The molecule has 0 spiro atoms. The van der Waals surface area contributed by atoms with Gasteiger partial charge >= 0.3 is 11.7 Å². The molecular weight excluding hydrogens is 288 g/mol. The van der Waals surface area contributed by atoms with Gasteiger partial charge in [-0.2, -0.15) is 0 Å². The number of likely N-dealkylation sites (N-methyl/N-ethyl adjacent to an activating group) is 1. The molecule has 7 nitrogen and oxygen atoms in total. The number of nitro groups is 1. The summed E-state index contributed by atoms with van der Waals surface area (Å²) in [5.74, 6) is -1.25. The van der Waals surface area contributed by atoms with E-state index < -0.39 is 16.4 Å². The summed E-state index contributed by atoms with van der Waals surface area (Å²) in [5, 5.41) is 22.9. The topological polar surface area (TPSA) is 102 Å². The third kappa shape index (κ3) is 3.58. The van der Waals surface area contributed by atoms with Crippen molar-refractivity contribution < 1.29 is 19.6 Å². The number of para-hydroxylation sites is 1. The van der Waals surface area contributed by atoms with Crippen LogP contribution in [0.25, 0.3) is 0 Å². The Hall–Kier alpha value is -1.86. The lowest BCUT2D eigenvalue weighted by molar-refractivity contribution is -0.385. The summed E-state index contributed by atoms with van der Waals surface area (Å²) < 4.78 is 5.29. The third-order valence-corrected chi connectivity index (χ3v) is 2.98. The zero-order chi connectivity index (χ0) is 15.3. The van der Waals surface area contributed by atoms with Gasteiger partial charge in [-0.15, -0.1) is 0 Å². The predicted molar refractivity (Wildman–Crippen MR) is 73.3 cm³/mol. The Morgan fingerprint density at radius 2 is 2.25 bits per heavy atom. The number of hydrogen-bond acceptors (Lipinski definition) is 5. The third-order valence-electron chi connectivity index (χ3n) is 2.69. The van der Waals surface area contributed by atoms with E-state index in [2.05, 4.69) is 5.32 Å². The fraction of sp³-hybridized carbons (Fsp3) is 0.417. The lowest BCUT2D eigenvalue weighted by atomic mass is 10.0. The number of rotatable bonds is 7. The highest BCUT2D eigenvalue weighted by molar-refractivity contribution is 6.32. The minimum absolute atomic E-state index is 0.0587. The second-order valence-electron chi connectivity index (χ2n) is 4.30. The fourth-order valence-corrected chi connectivity index (χ4v) is 1.80. The Morgan fingerprint density at radius 3 is 2.75 bits per heavy atom. The zero-order valence-corrected chi connectivity index (χ0v) is 11.8. The maximum Gasteiger partial charge on any atom is 0.327 e. The summed E-state index contributed by atoms with van der Waals surface area (Å²) in [6, 6.07) is 4.11. The van der Waals surface area contributed by atoms with Crippen molar-refractivity contribution >= 4 is 23.3 Å². The van der Waals surface area contributed by atoms with Gasteiger partial charge in [0.1, 0.15) is 12.1 Å². The van der Waals surface area contributed by atoms with Gasteiger partial charge in [0.05, 0.1) is 9.95 Å². The lowest BCUT2D eigenvalue weighted by Crippen LogP contribution is -2.53. The molecule has 0 aliphatic carbocycles. The zero-order valence-electron chi connectivity index (χ0n) is 11.1. The molecule has 0 aliphatic rings. The first-order valence-corrected chi connectivity index (χ1v) is 6.23. The van der Waals surface area contributed by atoms with Crippen LogP contribution in [0.3, 0.4) is 0 Å². The van der Waals surface area contributed by atoms with Gasteiger partial charge in [-0.1, -0.05) is 24.6 Å². The number of hydrogen-bond donors (Lipinski definition) is 2. The molecule has 0 saturated carbocycles. The summed E-state index contributed by atoms with van der Waals surface area (Å²) in [6.07, 6.45) is 0. The molecule has 2 N–H and O–H groups in total. The Kier molecular flexibility index (Phi) is 5.29. The van der Waals surface area contributed by atoms with E-state index >= 15 is 0 Å². The minimum Gasteiger partial charge on any atom is -0.483 e. The number of nitrogens with zero attached hydrogens (tertiary/aromatic N) is 1. The van der Waals surface area contributed by atoms with Crippen LogP contribution in [0.2, 0.25) is 5.02 Å². The summed E-state index contributed by atoms with van der Waals surface area (Å²) >= 11 is 5.86. The molecule has 1 atom stereocenters. The van der Waals surface area contributed by atoms with E-state index in [0.717, 1.165) is 0 Å². The van der Waals surface area contributed by atoms with Crippen molar-refractivity contribution in [3.63, 3.8) is 0 Å². The molecule has 0 radical (unpaired) electrons. The average Bonchev–Trinajstić information content (AvgIpc) is 2.37. The van der Waals surface area contributed by atoms with E-state index in [1.54, 1.807) is 6.92 Å². The summed E-state index contributed by atoms with van der Waals surface area (Å²) in [7, 11) is 0. The van der Waals surface area contributed by atoms with E-state index in [0.29, 0.717) is 6.54 Å². The van der Waals surface area contributed by atoms with E-state index in [1.807, 2.05) is 0 Å². The number of aliphatic carboxylic acids is 1. The highest BCUT2D eigenvalue weighted by Gasteiger charge is 2.34. The molecule has 20 heavy (non-hydrogen) atoms. The maximum atomic E-state index is 11.2. The molecule has 8 heteroatoms. The first-order valence-electron chi connectivity index (χ1n) is 5.86. The number of ether oxygens (including phenoxy) is 1. The van der Waals surface area contributed by atoms with E-state index in [1.165, 1.54) is 25.1 Å². The first kappa shape index (κ1) is 16.2. The van der Waals surface area contributed by atoms with Crippen molar-refractivity contribution in [3.05, 3.63) is 33.3 Å². The van der Waals surface area contributed by atoms with E-state index in [-0.39, 0.29) is 23.1 Å². The van der Waals surface area contributed by atoms with Crippen molar-refractivity contribution in [2.75, 3.05) is 13.2 Å². The first-order chi connectivity index (χ1) is 9.31. The van der Waals surface area contributed by atoms with Crippen LogP contribution in [-0.2, 0) is 4.79 Å². The van der Waals surface area contributed by atoms with Crippen LogP contribution in [-0.4, -0.2) is 34.7 Å². The molecule has 1 aromatic carbocycles. The molecule has 1 rings (SSSR count). The minimum atomic E-state index is -1.36. The smallest absolute Gasteiger partial charge is 0.327 e. The van der Waals surface area contributed by atoms with Crippen LogP contribution >= 0.6 is 11.6 Å². The SMILES string of the molecule is CCNC(C)(COc1c(Cl)cccc1[N+](=O)[O-])C(=O)O. The molecule has 0 saturated heterocycles. The number of nitrogens with one attached hydrogen (secondary N) is 1. The molecule has 1 aromatic rings. The molecule has 110 valence electrons. The Morgan fingerprint density at radius 1 is 1.60 bits per heavy atom. The molecule has 0 fully saturated rings. The van der Waals surface area contributed by atoms with Gasteiger partial charge in [0, 0.05) is 6.07 Å². The molecule has 0 bridgehead atoms. The van der Waals surface area contributed by atoms with Gasteiger partial charge in [-0.25, -0.2) is 0 Å². The van der Waals surface area contributed by atoms with Gasteiger partial charge < -0.3 is 9.84 Å². The number of halogens is 1. The van der Waals surface area contributed by atoms with Crippen molar-refractivity contribution in [3.8, 4) is 5.75 Å². The molecule has 0 aliphatic heterocycles. The average molecular weight is 303 g/mol. The van der Waals surface area contributed by atoms with Crippen LogP contribution in [0.4, 0.5) is 5.69 Å². The van der Waals surface area contributed by atoms with Gasteiger partial charge in [0.25, 0.3) is 0 Å². The van der Waals surface area contributed by atoms with Gasteiger partial charge in [0.2, 0.25) is 5.75 Å². The quantitative estimate of drug-likeness (QED) is 0.590. The lowest BCUT2D eigenvalue weighted by Gasteiger charge is -2.25. The van der Waals surface area contributed by atoms with Crippen LogP contribution in [0.15, 0.2) is 18.2 Å². The van der Waals surface area contributed by atoms with Crippen LogP contribution in [0, 0.1) is 10.1 Å². The monoisotopic (exact) mass is 302 g/mol. The van der Waals surface area contributed by atoms with Crippen molar-refractivity contribution in [1.82, 2.24) is 5.32 Å². The van der Waals surface area contributed by atoms with Gasteiger partial charge in [0.15, 0.2) is 0 Å². The summed E-state index contributed by atoms with van der Waals surface area (Å²) in [4.78, 5) is 21.5. The van der Waals surface area contributed by atoms with Crippen LogP contribution in [0.5, 0.6) is 5.75 Å². The number of carboxylic acids is 1. The maximum absolute atomic E-state index is 11.2. The number of carbonyl (C=O) groups is 1. The molecule has 0 amide bonds. The van der Waals surface area contributed by atoms with Gasteiger partial charge in [-0.05, 0) is 19.5 Å². The molecule has 0 heterocycles. The highest BCUT2D eigenvalue weighted by atomic mass is 35.5. The molecular formula is C12H15ClN2O5. The van der Waals surface area contributed by atoms with Crippen molar-refractivity contribution in [2.24, 2.45) is 0 Å². The Bertz CT molecular complexity index is 523. The second kappa shape index (κ2) is 6.53. The summed E-state index contributed by atoms with van der Waals surface area (Å²) in [6.45, 7) is 3.30. The van der Waals surface area contributed by atoms with Crippen LogP contribution in [0.1, 0.15) is 13.8 Å². The van der Waals surface area contributed by atoms with E-state index in [4.69, 9.17) is 16.3 Å². The van der Waals surface area contributed by atoms with E-state index in [9.17, 15) is 20.0 Å². The molecule has 1 unspecified atom stereocenters. The number of carboxylic acid groups (broad SMARTS) is 1. The Balaban J connectivity index is 2.99. The van der Waals surface area contributed by atoms with Crippen molar-refractivity contribution in [1.29, 1.82) is 0 Å². The van der Waals surface area contributed by atoms with Crippen molar-refractivity contribution in [2.45, 2.75) is 19.4 Å². The number of benzene rings is 1. The molecule has 0 aromatic heterocycles. The standard InChI is InChI=1S/C12H15ClN2O5/c1-3-14-12(2,11(16)17)7-20-10-8(13)5-4-6-9(10)15(18)19/h4-6,14H,3,7H2,1-2H3,(H,16,17). The largest absolute Gasteiger partial charge is 0.483 e.